The van der Waals surface area contributed by atoms with Crippen LogP contribution in [0.5, 0.6) is 5.75 Å². The Morgan fingerprint density at radius 3 is 2.80 bits per heavy atom. The number of nitrogens with one attached hydrogen (secondary N) is 1. The van der Waals surface area contributed by atoms with Gasteiger partial charge in [0.05, 0.1) is 0 Å². The van der Waals surface area contributed by atoms with Crippen LogP contribution in [0.25, 0.3) is 0 Å². The first-order valence-corrected chi connectivity index (χ1v) is 6.71. The van der Waals surface area contributed by atoms with Gasteiger partial charge in [-0.25, -0.2) is 4.68 Å². The van der Waals surface area contributed by atoms with Gasteiger partial charge in [-0.1, -0.05) is 25.1 Å². The lowest BCUT2D eigenvalue weighted by atomic mass is 10.2. The summed E-state index contributed by atoms with van der Waals surface area (Å²) in [4.78, 5) is 11.9. The van der Waals surface area contributed by atoms with Crippen LogP contribution in [0.1, 0.15) is 30.8 Å². The van der Waals surface area contributed by atoms with Crippen molar-refractivity contribution in [2.75, 3.05) is 0 Å². The third-order valence-electron chi connectivity index (χ3n) is 2.97. The Labute approximate surface area is 118 Å². The topological polar surface area (TPSA) is 56.2 Å². The zero-order chi connectivity index (χ0) is 14.4. The fourth-order valence-electron chi connectivity index (χ4n) is 1.61. The van der Waals surface area contributed by atoms with E-state index in [9.17, 15) is 4.79 Å². The SMILES string of the molecule is CCC(C)NC(=O)c1ccn(COc2ccccc2)n1. The maximum atomic E-state index is 11.9. The van der Waals surface area contributed by atoms with Gasteiger partial charge in [0.15, 0.2) is 6.73 Å². The van der Waals surface area contributed by atoms with Crippen LogP contribution >= 0.6 is 0 Å². The number of aromatic nitrogens is 2. The Morgan fingerprint density at radius 2 is 2.10 bits per heavy atom. The Hall–Kier alpha value is -2.30. The second-order valence-corrected chi connectivity index (χ2v) is 4.61. The highest BCUT2D eigenvalue weighted by Gasteiger charge is 2.11. The fraction of sp³-hybridized carbons (Fsp3) is 0.333. The molecule has 1 heterocycles. The summed E-state index contributed by atoms with van der Waals surface area (Å²) in [7, 11) is 0. The molecule has 0 aliphatic carbocycles. The van der Waals surface area contributed by atoms with Crippen molar-refractivity contribution < 1.29 is 9.53 Å². The minimum Gasteiger partial charge on any atom is -0.471 e. The van der Waals surface area contributed by atoms with Gasteiger partial charge in [-0.05, 0) is 31.5 Å². The first-order chi connectivity index (χ1) is 9.69. The molecule has 1 unspecified atom stereocenters. The van der Waals surface area contributed by atoms with Crippen LogP contribution in [0.4, 0.5) is 0 Å². The van der Waals surface area contributed by atoms with Gasteiger partial charge in [-0.15, -0.1) is 0 Å². The van der Waals surface area contributed by atoms with Gasteiger partial charge in [0, 0.05) is 12.2 Å². The molecule has 5 heteroatoms. The van der Waals surface area contributed by atoms with Gasteiger partial charge in [0.25, 0.3) is 5.91 Å². The highest BCUT2D eigenvalue weighted by molar-refractivity contribution is 5.92. The van der Waals surface area contributed by atoms with Crippen LogP contribution in [-0.2, 0) is 6.73 Å². The van der Waals surface area contributed by atoms with Crippen LogP contribution in [0.15, 0.2) is 42.6 Å². The molecule has 0 fully saturated rings. The highest BCUT2D eigenvalue weighted by Crippen LogP contribution is 2.09. The Bertz CT molecular complexity index is 551. The maximum Gasteiger partial charge on any atom is 0.271 e. The summed E-state index contributed by atoms with van der Waals surface area (Å²) in [6.07, 6.45) is 2.62. The molecule has 106 valence electrons. The second kappa shape index (κ2) is 6.75. The molecule has 0 aliphatic rings. The average Bonchev–Trinajstić information content (AvgIpc) is 2.95. The van der Waals surface area contributed by atoms with Gasteiger partial charge in [-0.3, -0.25) is 4.79 Å². The van der Waals surface area contributed by atoms with Crippen LogP contribution in [0.2, 0.25) is 0 Å². The quantitative estimate of drug-likeness (QED) is 0.879. The van der Waals surface area contributed by atoms with Gasteiger partial charge in [0.2, 0.25) is 0 Å². The summed E-state index contributed by atoms with van der Waals surface area (Å²) in [5.41, 5.74) is 0.405. The van der Waals surface area contributed by atoms with Crippen LogP contribution in [0, 0.1) is 0 Å². The van der Waals surface area contributed by atoms with E-state index in [2.05, 4.69) is 10.4 Å². The standard InChI is InChI=1S/C15H19N3O2/c1-3-12(2)16-15(19)14-9-10-18(17-14)11-20-13-7-5-4-6-8-13/h4-10,12H,3,11H2,1-2H3,(H,16,19). The number of amides is 1. The molecule has 1 N–H and O–H groups in total. The van der Waals surface area contributed by atoms with E-state index in [0.717, 1.165) is 12.2 Å². The van der Waals surface area contributed by atoms with Crippen molar-refractivity contribution in [1.82, 2.24) is 15.1 Å². The lowest BCUT2D eigenvalue weighted by Gasteiger charge is -2.09. The molecular formula is C15H19N3O2. The number of nitrogens with zero attached hydrogens (tertiary/aromatic N) is 2. The molecule has 2 aromatic rings. The molecule has 0 saturated heterocycles. The lowest BCUT2D eigenvalue weighted by Crippen LogP contribution is -2.32. The average molecular weight is 273 g/mol. The zero-order valence-corrected chi connectivity index (χ0v) is 11.7. The summed E-state index contributed by atoms with van der Waals surface area (Å²) in [6, 6.07) is 11.3. The lowest BCUT2D eigenvalue weighted by molar-refractivity contribution is 0.0932. The first-order valence-electron chi connectivity index (χ1n) is 6.71. The van der Waals surface area contributed by atoms with Crippen LogP contribution < -0.4 is 10.1 Å². The molecule has 0 saturated carbocycles. The summed E-state index contributed by atoms with van der Waals surface area (Å²) in [6.45, 7) is 4.27. The molecule has 0 aliphatic heterocycles. The van der Waals surface area contributed by atoms with Gasteiger partial charge in [-0.2, -0.15) is 5.10 Å². The Morgan fingerprint density at radius 1 is 1.35 bits per heavy atom. The number of carbonyl (C=O) groups excluding carboxylic acids is 1. The van der Waals surface area contributed by atoms with E-state index in [-0.39, 0.29) is 18.7 Å². The first kappa shape index (κ1) is 14.1. The van der Waals surface area contributed by atoms with E-state index >= 15 is 0 Å². The third-order valence-corrected chi connectivity index (χ3v) is 2.97. The van der Waals surface area contributed by atoms with Gasteiger partial charge in [0.1, 0.15) is 11.4 Å². The number of ether oxygens (including phenoxy) is 1. The van der Waals surface area contributed by atoms with Gasteiger partial charge >= 0.3 is 0 Å². The zero-order valence-electron chi connectivity index (χ0n) is 11.7. The molecular weight excluding hydrogens is 254 g/mol. The van der Waals surface area contributed by atoms with Crippen molar-refractivity contribution in [3.8, 4) is 5.75 Å². The molecule has 0 bridgehead atoms. The Kier molecular flexibility index (Phi) is 4.76. The Balaban J connectivity index is 1.90. The van der Waals surface area contributed by atoms with Crippen LogP contribution in [0.3, 0.4) is 0 Å². The van der Waals surface area contributed by atoms with Crippen molar-refractivity contribution in [2.24, 2.45) is 0 Å². The van der Waals surface area contributed by atoms with Crippen molar-refractivity contribution >= 4 is 5.91 Å². The number of para-hydroxylation sites is 1. The number of rotatable bonds is 6. The molecule has 1 aromatic heterocycles. The van der Waals surface area contributed by atoms with E-state index in [1.54, 1.807) is 16.9 Å². The number of benzene rings is 1. The predicted molar refractivity (Wildman–Crippen MR) is 76.5 cm³/mol. The van der Waals surface area contributed by atoms with E-state index in [1.807, 2.05) is 44.2 Å². The number of hydrogen-bond acceptors (Lipinski definition) is 3. The summed E-state index contributed by atoms with van der Waals surface area (Å²) in [5, 5.41) is 7.07. The van der Waals surface area contributed by atoms with Crippen molar-refractivity contribution in [3.05, 3.63) is 48.3 Å². The van der Waals surface area contributed by atoms with Crippen molar-refractivity contribution in [2.45, 2.75) is 33.0 Å². The minimum absolute atomic E-state index is 0.146. The van der Waals surface area contributed by atoms with Gasteiger partial charge < -0.3 is 10.1 Å². The summed E-state index contributed by atoms with van der Waals surface area (Å²) in [5.74, 6) is 0.617. The molecule has 1 atom stereocenters. The molecule has 1 amide bonds. The number of hydrogen-bond donors (Lipinski definition) is 1. The molecule has 2 rings (SSSR count). The summed E-state index contributed by atoms with van der Waals surface area (Å²) >= 11 is 0. The van der Waals surface area contributed by atoms with E-state index in [1.165, 1.54) is 0 Å². The normalized spacial score (nSPS) is 11.9. The smallest absolute Gasteiger partial charge is 0.271 e. The monoisotopic (exact) mass is 273 g/mol. The van der Waals surface area contributed by atoms with E-state index in [4.69, 9.17) is 4.74 Å². The molecule has 5 nitrogen and oxygen atoms in total. The molecule has 1 aromatic carbocycles. The van der Waals surface area contributed by atoms with Crippen LogP contribution in [-0.4, -0.2) is 21.7 Å². The van der Waals surface area contributed by atoms with Crippen molar-refractivity contribution in [1.29, 1.82) is 0 Å². The van der Waals surface area contributed by atoms with Crippen molar-refractivity contribution in [3.63, 3.8) is 0 Å². The molecule has 0 radical (unpaired) electrons. The summed E-state index contributed by atoms with van der Waals surface area (Å²) < 4.78 is 7.15. The molecule has 0 spiro atoms. The van der Waals surface area contributed by atoms with E-state index in [0.29, 0.717) is 5.69 Å². The predicted octanol–water partition coefficient (Wildman–Crippen LogP) is 2.45. The minimum atomic E-state index is -0.155. The third kappa shape index (κ3) is 3.85. The number of carbonyl (C=O) groups is 1. The fourth-order valence-corrected chi connectivity index (χ4v) is 1.61. The maximum absolute atomic E-state index is 11.9. The second-order valence-electron chi connectivity index (χ2n) is 4.61. The largest absolute Gasteiger partial charge is 0.471 e. The highest BCUT2D eigenvalue weighted by atomic mass is 16.5. The molecule has 20 heavy (non-hydrogen) atoms. The van der Waals surface area contributed by atoms with E-state index < -0.39 is 0 Å².